The second-order valence-corrected chi connectivity index (χ2v) is 10.2. The minimum Gasteiger partial charge on any atom is -0.311 e. The lowest BCUT2D eigenvalue weighted by molar-refractivity contribution is -0.643. The number of aromatic nitrogens is 2. The molecule has 0 N–H and O–H groups in total. The van der Waals surface area contributed by atoms with Crippen LogP contribution < -0.4 is 4.57 Å². The molecule has 0 radical (unpaired) electrons. The van der Waals surface area contributed by atoms with Crippen LogP contribution in [0.2, 0.25) is 0 Å². The van der Waals surface area contributed by atoms with Gasteiger partial charge in [0.1, 0.15) is 7.05 Å². The lowest BCUT2D eigenvalue weighted by Crippen LogP contribution is -2.29. The first kappa shape index (κ1) is 20.5. The second-order valence-electron chi connectivity index (χ2n) is 10.2. The largest absolute Gasteiger partial charge is 0.311 e. The third kappa shape index (κ3) is 2.54. The standard InChI is InChI=1S/C30H25N4/c1-17-12-22-26-21(16-31)8-7-9-23(26)34-24-14-19(15-30(3,4)32-5)13-20-10-11-33(6)29(27(20)24)25(18(17)2)28(22)34/h7-14H,15H2,1-4,6H3/q+1. The fraction of sp³-hybridized carbons (Fsp3) is 0.233. The van der Waals surface area contributed by atoms with Crippen LogP contribution in [0.4, 0.5) is 0 Å². The van der Waals surface area contributed by atoms with Gasteiger partial charge in [-0.1, -0.05) is 12.1 Å². The molecular weight excluding hydrogens is 416 g/mol. The number of rotatable bonds is 2. The Kier molecular flexibility index (Phi) is 4.02. The van der Waals surface area contributed by atoms with Crippen LogP contribution >= 0.6 is 0 Å². The highest BCUT2D eigenvalue weighted by Gasteiger charge is 2.28. The van der Waals surface area contributed by atoms with Gasteiger partial charge in [-0.2, -0.15) is 5.26 Å². The predicted octanol–water partition coefficient (Wildman–Crippen LogP) is 6.54. The van der Waals surface area contributed by atoms with Gasteiger partial charge in [0.05, 0.1) is 45.4 Å². The molecule has 0 saturated heterocycles. The zero-order chi connectivity index (χ0) is 23.9. The predicted molar refractivity (Wildman–Crippen MR) is 138 cm³/mol. The van der Waals surface area contributed by atoms with E-state index < -0.39 is 5.54 Å². The zero-order valence-corrected chi connectivity index (χ0v) is 20.1. The molecule has 0 spiro atoms. The van der Waals surface area contributed by atoms with Crippen molar-refractivity contribution in [3.63, 3.8) is 0 Å². The highest BCUT2D eigenvalue weighted by molar-refractivity contribution is 6.26. The van der Waals surface area contributed by atoms with Crippen molar-refractivity contribution in [2.75, 3.05) is 0 Å². The highest BCUT2D eigenvalue weighted by Crippen LogP contribution is 2.43. The Balaban J connectivity index is 1.98. The molecule has 4 nitrogen and oxygen atoms in total. The fourth-order valence-corrected chi connectivity index (χ4v) is 5.75. The van der Waals surface area contributed by atoms with Gasteiger partial charge in [-0.3, -0.25) is 0 Å². The normalized spacial score (nSPS) is 12.3. The van der Waals surface area contributed by atoms with E-state index in [2.05, 4.69) is 77.3 Å². The Morgan fingerprint density at radius 3 is 2.59 bits per heavy atom. The van der Waals surface area contributed by atoms with Crippen molar-refractivity contribution in [3.8, 4) is 6.07 Å². The number of nitrogens with zero attached hydrogens (tertiary/aromatic N) is 4. The minimum atomic E-state index is -0.467. The van der Waals surface area contributed by atoms with Crippen LogP contribution in [-0.4, -0.2) is 9.94 Å². The van der Waals surface area contributed by atoms with Crippen molar-refractivity contribution >= 4 is 49.0 Å². The smallest absolute Gasteiger partial charge is 0.231 e. The van der Waals surface area contributed by atoms with E-state index in [0.29, 0.717) is 12.0 Å². The minimum absolute atomic E-state index is 0.467. The lowest BCUT2D eigenvalue weighted by atomic mass is 9.92. The van der Waals surface area contributed by atoms with Gasteiger partial charge in [0, 0.05) is 30.7 Å². The van der Waals surface area contributed by atoms with E-state index in [4.69, 9.17) is 6.57 Å². The molecule has 3 heterocycles. The van der Waals surface area contributed by atoms with Crippen molar-refractivity contribution in [1.29, 1.82) is 5.26 Å². The SMILES string of the molecule is [C-]#[N+]C(C)(C)Cc1cc2cc[n+](C)c3c4c(C)c(C)cc5c6c(C#N)cccc6n(c(c1)c23)c54. The molecule has 3 aromatic carbocycles. The molecule has 0 bridgehead atoms. The van der Waals surface area contributed by atoms with Gasteiger partial charge in [-0.25, -0.2) is 11.1 Å². The summed E-state index contributed by atoms with van der Waals surface area (Å²) < 4.78 is 4.58. The maximum atomic E-state index is 9.96. The number of hydrogen-bond donors (Lipinski definition) is 0. The van der Waals surface area contributed by atoms with Crippen molar-refractivity contribution in [2.24, 2.45) is 7.05 Å². The average molecular weight is 442 g/mol. The molecule has 0 amide bonds. The molecule has 164 valence electrons. The van der Waals surface area contributed by atoms with E-state index in [-0.39, 0.29) is 0 Å². The number of fused-ring (bicyclic) bond motifs is 5. The van der Waals surface area contributed by atoms with E-state index in [1.807, 2.05) is 26.0 Å². The maximum Gasteiger partial charge on any atom is 0.231 e. The van der Waals surface area contributed by atoms with Gasteiger partial charge >= 0.3 is 0 Å². The molecule has 3 aromatic heterocycles. The van der Waals surface area contributed by atoms with Crippen LogP contribution in [-0.2, 0) is 13.5 Å². The Morgan fingerprint density at radius 2 is 1.85 bits per heavy atom. The van der Waals surface area contributed by atoms with Crippen LogP contribution in [0.3, 0.4) is 0 Å². The summed E-state index contributed by atoms with van der Waals surface area (Å²) in [4.78, 5) is 3.86. The molecule has 0 fully saturated rings. The molecule has 0 aliphatic carbocycles. The van der Waals surface area contributed by atoms with Crippen LogP contribution in [0, 0.1) is 31.8 Å². The Labute approximate surface area is 198 Å². The quantitative estimate of drug-likeness (QED) is 0.130. The first-order valence-electron chi connectivity index (χ1n) is 11.6. The van der Waals surface area contributed by atoms with Crippen molar-refractivity contribution in [3.05, 3.63) is 82.3 Å². The molecule has 0 aliphatic heterocycles. The Morgan fingerprint density at radius 1 is 1.06 bits per heavy atom. The van der Waals surface area contributed by atoms with Gasteiger partial charge in [0.2, 0.25) is 11.1 Å². The number of benzene rings is 3. The Hall–Kier alpha value is -4.15. The summed E-state index contributed by atoms with van der Waals surface area (Å²) in [7, 11) is 2.11. The van der Waals surface area contributed by atoms with Crippen LogP contribution in [0.1, 0.15) is 36.1 Å². The number of hydrogen-bond acceptors (Lipinski definition) is 1. The summed E-state index contributed by atoms with van der Waals surface area (Å²) in [5.74, 6) is 0. The molecule has 0 atom stereocenters. The molecule has 0 saturated carbocycles. The summed E-state index contributed by atoms with van der Waals surface area (Å²) in [6.07, 6.45) is 2.82. The maximum absolute atomic E-state index is 9.96. The van der Waals surface area contributed by atoms with Crippen LogP contribution in [0.15, 0.2) is 48.7 Å². The molecule has 4 heteroatoms. The van der Waals surface area contributed by atoms with E-state index in [1.165, 1.54) is 32.8 Å². The summed E-state index contributed by atoms with van der Waals surface area (Å²) in [5.41, 5.74) is 8.44. The Bertz CT molecular complexity index is 1910. The van der Waals surface area contributed by atoms with Gasteiger partial charge in [0.15, 0.2) is 6.20 Å². The number of aryl methyl sites for hydroxylation is 3. The van der Waals surface area contributed by atoms with Crippen molar-refractivity contribution in [2.45, 2.75) is 39.7 Å². The summed E-state index contributed by atoms with van der Waals surface area (Å²) in [6, 6.07) is 17.4. The van der Waals surface area contributed by atoms with E-state index >= 15 is 0 Å². The molecule has 0 unspecified atom stereocenters. The number of nitriles is 1. The van der Waals surface area contributed by atoms with E-state index in [9.17, 15) is 5.26 Å². The molecule has 34 heavy (non-hydrogen) atoms. The fourth-order valence-electron chi connectivity index (χ4n) is 5.75. The van der Waals surface area contributed by atoms with Gasteiger partial charge in [0.25, 0.3) is 0 Å². The zero-order valence-electron chi connectivity index (χ0n) is 20.1. The first-order chi connectivity index (χ1) is 16.3. The monoisotopic (exact) mass is 441 g/mol. The average Bonchev–Trinajstić information content (AvgIpc) is 3.14. The summed E-state index contributed by atoms with van der Waals surface area (Å²) in [5, 5.41) is 15.7. The summed E-state index contributed by atoms with van der Waals surface area (Å²) in [6.45, 7) is 16.0. The van der Waals surface area contributed by atoms with Gasteiger partial charge in [-0.15, -0.1) is 0 Å². The lowest BCUT2D eigenvalue weighted by Gasteiger charge is -2.16. The molecule has 6 aromatic rings. The number of pyridine rings is 2. The van der Waals surface area contributed by atoms with E-state index in [1.54, 1.807) is 0 Å². The van der Waals surface area contributed by atoms with Crippen molar-refractivity contribution < 1.29 is 4.57 Å². The van der Waals surface area contributed by atoms with Crippen LogP contribution in [0.5, 0.6) is 0 Å². The second kappa shape index (κ2) is 6.69. The van der Waals surface area contributed by atoms with Crippen molar-refractivity contribution in [1.82, 2.24) is 4.40 Å². The van der Waals surface area contributed by atoms with E-state index in [0.717, 1.165) is 32.9 Å². The van der Waals surface area contributed by atoms with Gasteiger partial charge in [-0.05, 0) is 60.2 Å². The van der Waals surface area contributed by atoms with Crippen LogP contribution in [0.25, 0.3) is 53.8 Å². The third-order valence-corrected chi connectivity index (χ3v) is 7.41. The molecule has 0 aliphatic rings. The third-order valence-electron chi connectivity index (χ3n) is 7.41. The molecule has 6 rings (SSSR count). The molecular formula is C30H25N4+. The van der Waals surface area contributed by atoms with Gasteiger partial charge < -0.3 is 9.25 Å². The first-order valence-corrected chi connectivity index (χ1v) is 11.6. The topological polar surface area (TPSA) is 36.4 Å². The summed E-state index contributed by atoms with van der Waals surface area (Å²) >= 11 is 0. The highest BCUT2D eigenvalue weighted by atomic mass is 15.0.